The number of hydrogen-bond acceptors (Lipinski definition) is 4. The quantitative estimate of drug-likeness (QED) is 0.789. The summed E-state index contributed by atoms with van der Waals surface area (Å²) in [5, 5.41) is 22.3. The van der Waals surface area contributed by atoms with E-state index in [1.54, 1.807) is 12.1 Å². The van der Waals surface area contributed by atoms with E-state index < -0.39 is 0 Å². The lowest BCUT2D eigenvalue weighted by Crippen LogP contribution is -2.12. The lowest BCUT2D eigenvalue weighted by atomic mass is 10.1. The summed E-state index contributed by atoms with van der Waals surface area (Å²) in [5.74, 6) is 0.157. The summed E-state index contributed by atoms with van der Waals surface area (Å²) in [7, 11) is 3.97. The number of nitrogens with one attached hydrogen (secondary N) is 1. The van der Waals surface area contributed by atoms with Gasteiger partial charge in [-0.3, -0.25) is 0 Å². The Kier molecular flexibility index (Phi) is 3.80. The molecule has 0 aromatic heterocycles. The average Bonchev–Trinajstić information content (AvgIpc) is 2.38. The molecule has 3 N–H and O–H groups in total. The molecule has 0 amide bonds. The topological polar surface area (TPSA) is 55.7 Å². The third-order valence-corrected chi connectivity index (χ3v) is 2.92. The Morgan fingerprint density at radius 3 is 2.47 bits per heavy atom. The van der Waals surface area contributed by atoms with Gasteiger partial charge in [0.15, 0.2) is 0 Å². The van der Waals surface area contributed by atoms with Crippen molar-refractivity contribution in [1.82, 2.24) is 0 Å². The minimum absolute atomic E-state index is 0.0648. The molecule has 19 heavy (non-hydrogen) atoms. The van der Waals surface area contributed by atoms with Gasteiger partial charge in [0.05, 0.1) is 11.4 Å². The van der Waals surface area contributed by atoms with E-state index >= 15 is 0 Å². The van der Waals surface area contributed by atoms with Gasteiger partial charge in [0.2, 0.25) is 0 Å². The van der Waals surface area contributed by atoms with Crippen LogP contribution in [0, 0.1) is 0 Å². The highest BCUT2D eigenvalue weighted by Crippen LogP contribution is 2.27. The summed E-state index contributed by atoms with van der Waals surface area (Å²) in [6.07, 6.45) is 0. The predicted octanol–water partition coefficient (Wildman–Crippen LogP) is 2.78. The summed E-state index contributed by atoms with van der Waals surface area (Å²) in [6, 6.07) is 12.6. The van der Waals surface area contributed by atoms with Crippen molar-refractivity contribution in [2.75, 3.05) is 24.3 Å². The molecule has 0 spiro atoms. The number of phenolic OH excluding ortho intramolecular Hbond substituents is 2. The van der Waals surface area contributed by atoms with Gasteiger partial charge in [-0.25, -0.2) is 0 Å². The van der Waals surface area contributed by atoms with Crippen LogP contribution in [0.4, 0.5) is 11.4 Å². The van der Waals surface area contributed by atoms with Crippen LogP contribution in [0.3, 0.4) is 0 Å². The molecular weight excluding hydrogens is 240 g/mol. The van der Waals surface area contributed by atoms with Gasteiger partial charge in [0.1, 0.15) is 11.5 Å². The zero-order valence-electron chi connectivity index (χ0n) is 11.1. The van der Waals surface area contributed by atoms with E-state index in [9.17, 15) is 10.2 Å². The minimum Gasteiger partial charge on any atom is -0.508 e. The molecule has 0 atom stereocenters. The first-order valence-corrected chi connectivity index (χ1v) is 6.09. The van der Waals surface area contributed by atoms with Gasteiger partial charge in [-0.05, 0) is 24.3 Å². The van der Waals surface area contributed by atoms with Gasteiger partial charge in [-0.1, -0.05) is 12.1 Å². The number of hydrogen-bond donors (Lipinski definition) is 3. The number of phenols is 2. The highest BCUT2D eigenvalue weighted by Gasteiger charge is 2.05. The number of nitrogens with zero attached hydrogens (tertiary/aromatic N) is 1. The molecule has 4 heteroatoms. The van der Waals surface area contributed by atoms with Crippen LogP contribution in [0.25, 0.3) is 0 Å². The predicted molar refractivity (Wildman–Crippen MR) is 77.9 cm³/mol. The van der Waals surface area contributed by atoms with Crippen molar-refractivity contribution in [3.8, 4) is 11.5 Å². The first-order valence-electron chi connectivity index (χ1n) is 6.09. The monoisotopic (exact) mass is 258 g/mol. The van der Waals surface area contributed by atoms with Gasteiger partial charge in [0, 0.05) is 32.3 Å². The molecule has 4 nitrogen and oxygen atoms in total. The zero-order valence-corrected chi connectivity index (χ0v) is 11.1. The third kappa shape index (κ3) is 3.10. The fourth-order valence-corrected chi connectivity index (χ4v) is 1.91. The van der Waals surface area contributed by atoms with Crippen molar-refractivity contribution in [1.29, 1.82) is 0 Å². The lowest BCUT2D eigenvalue weighted by Gasteiger charge is -2.18. The van der Waals surface area contributed by atoms with Gasteiger partial charge in [0.25, 0.3) is 0 Å². The van der Waals surface area contributed by atoms with E-state index in [4.69, 9.17) is 0 Å². The van der Waals surface area contributed by atoms with Crippen LogP contribution < -0.4 is 10.2 Å². The van der Waals surface area contributed by atoms with E-state index in [-0.39, 0.29) is 11.5 Å². The molecule has 0 heterocycles. The van der Waals surface area contributed by atoms with Crippen molar-refractivity contribution in [3.63, 3.8) is 0 Å². The first kappa shape index (κ1) is 13.1. The molecule has 0 bridgehead atoms. The Bertz CT molecular complexity index is 568. The number of anilines is 2. The molecule has 100 valence electrons. The van der Waals surface area contributed by atoms with Crippen molar-refractivity contribution in [2.45, 2.75) is 6.54 Å². The summed E-state index contributed by atoms with van der Waals surface area (Å²) in [6.45, 7) is 0.497. The number of rotatable bonds is 4. The molecule has 0 aliphatic heterocycles. The van der Waals surface area contributed by atoms with E-state index in [0.717, 1.165) is 16.9 Å². The van der Waals surface area contributed by atoms with Crippen LogP contribution in [0.2, 0.25) is 0 Å². The van der Waals surface area contributed by atoms with Crippen LogP contribution in [-0.2, 0) is 6.54 Å². The lowest BCUT2D eigenvalue weighted by molar-refractivity contribution is 0.446. The van der Waals surface area contributed by atoms with Crippen LogP contribution in [0.5, 0.6) is 11.5 Å². The molecule has 0 aliphatic rings. The Hall–Kier alpha value is -2.36. The fraction of sp³-hybridized carbons (Fsp3) is 0.200. The van der Waals surface area contributed by atoms with E-state index in [1.807, 2.05) is 43.3 Å². The molecule has 0 unspecified atom stereocenters. The summed E-state index contributed by atoms with van der Waals surface area (Å²) >= 11 is 0. The second kappa shape index (κ2) is 5.52. The van der Waals surface area contributed by atoms with Gasteiger partial charge in [-0.2, -0.15) is 0 Å². The second-order valence-electron chi connectivity index (χ2n) is 4.58. The van der Waals surface area contributed by atoms with E-state index in [0.29, 0.717) is 6.54 Å². The van der Waals surface area contributed by atoms with Crippen LogP contribution in [0.15, 0.2) is 42.5 Å². The van der Waals surface area contributed by atoms with Crippen LogP contribution in [-0.4, -0.2) is 24.3 Å². The average molecular weight is 258 g/mol. The van der Waals surface area contributed by atoms with Crippen molar-refractivity contribution in [2.24, 2.45) is 0 Å². The Labute approximate surface area is 112 Å². The van der Waals surface area contributed by atoms with Crippen molar-refractivity contribution in [3.05, 3.63) is 48.0 Å². The largest absolute Gasteiger partial charge is 0.508 e. The molecule has 2 rings (SSSR count). The molecule has 0 fully saturated rings. The smallest absolute Gasteiger partial charge is 0.124 e. The van der Waals surface area contributed by atoms with Crippen LogP contribution in [0.1, 0.15) is 5.56 Å². The Balaban J connectivity index is 2.14. The highest BCUT2D eigenvalue weighted by atomic mass is 16.3. The molecule has 0 aliphatic carbocycles. The highest BCUT2D eigenvalue weighted by molar-refractivity contribution is 5.69. The maximum absolute atomic E-state index is 9.74. The van der Waals surface area contributed by atoms with Crippen LogP contribution >= 0.6 is 0 Å². The van der Waals surface area contributed by atoms with E-state index in [1.165, 1.54) is 6.07 Å². The third-order valence-electron chi connectivity index (χ3n) is 2.92. The molecule has 0 radical (unpaired) electrons. The fourth-order valence-electron chi connectivity index (χ4n) is 1.91. The number of para-hydroxylation sites is 2. The second-order valence-corrected chi connectivity index (χ2v) is 4.58. The van der Waals surface area contributed by atoms with Gasteiger partial charge >= 0.3 is 0 Å². The molecule has 0 saturated heterocycles. The molecule has 2 aromatic carbocycles. The summed E-state index contributed by atoms with van der Waals surface area (Å²) in [5.41, 5.74) is 2.83. The first-order chi connectivity index (χ1) is 9.08. The molecule has 0 saturated carbocycles. The van der Waals surface area contributed by atoms with E-state index in [2.05, 4.69) is 5.32 Å². The zero-order chi connectivity index (χ0) is 13.8. The van der Waals surface area contributed by atoms with Crippen molar-refractivity contribution < 1.29 is 10.2 Å². The SMILES string of the molecule is CN(C)c1ccccc1NCc1ccc(O)cc1O. The molecule has 2 aromatic rings. The Morgan fingerprint density at radius 1 is 1.05 bits per heavy atom. The Morgan fingerprint density at radius 2 is 1.79 bits per heavy atom. The van der Waals surface area contributed by atoms with Crippen molar-refractivity contribution >= 4 is 11.4 Å². The number of aromatic hydroxyl groups is 2. The standard InChI is InChI=1S/C15H18N2O2/c1-17(2)14-6-4-3-5-13(14)16-10-11-7-8-12(18)9-15(11)19/h3-9,16,18-19H,10H2,1-2H3. The maximum atomic E-state index is 9.74. The summed E-state index contributed by atoms with van der Waals surface area (Å²) < 4.78 is 0. The molecular formula is C15H18N2O2. The number of benzene rings is 2. The minimum atomic E-state index is 0.0648. The maximum Gasteiger partial charge on any atom is 0.124 e. The normalized spacial score (nSPS) is 10.2. The van der Waals surface area contributed by atoms with Gasteiger partial charge < -0.3 is 20.4 Å². The summed E-state index contributed by atoms with van der Waals surface area (Å²) in [4.78, 5) is 2.03. The van der Waals surface area contributed by atoms with Gasteiger partial charge in [-0.15, -0.1) is 0 Å².